The highest BCUT2D eigenvalue weighted by Gasteiger charge is 2.14. The lowest BCUT2D eigenvalue weighted by atomic mass is 10.1. The number of nitrogens with zero attached hydrogens (tertiary/aromatic N) is 2. The fourth-order valence-electron chi connectivity index (χ4n) is 3.48. The second-order valence-electron chi connectivity index (χ2n) is 7.60. The predicted molar refractivity (Wildman–Crippen MR) is 134 cm³/mol. The van der Waals surface area contributed by atoms with E-state index >= 15 is 0 Å². The van der Waals surface area contributed by atoms with E-state index in [4.69, 9.17) is 21.1 Å². The molecule has 0 unspecified atom stereocenters. The van der Waals surface area contributed by atoms with Gasteiger partial charge in [0.15, 0.2) is 11.5 Å². The molecule has 8 heteroatoms. The Bertz CT molecular complexity index is 1350. The Labute approximate surface area is 207 Å². The lowest BCUT2D eigenvalue weighted by Crippen LogP contribution is -2.21. The number of hydrogen-bond donors (Lipinski definition) is 1. The van der Waals surface area contributed by atoms with E-state index < -0.39 is 5.82 Å². The first-order chi connectivity index (χ1) is 17.0. The molecule has 178 valence electrons. The maximum atomic E-state index is 14.0. The van der Waals surface area contributed by atoms with Crippen LogP contribution in [0.4, 0.5) is 4.39 Å². The van der Waals surface area contributed by atoms with Crippen LogP contribution < -0.4 is 14.9 Å². The van der Waals surface area contributed by atoms with Crippen LogP contribution >= 0.6 is 11.6 Å². The van der Waals surface area contributed by atoms with E-state index in [0.29, 0.717) is 22.8 Å². The van der Waals surface area contributed by atoms with Crippen molar-refractivity contribution in [3.63, 3.8) is 0 Å². The molecule has 4 aromatic rings. The Hall–Kier alpha value is -4.10. The molecule has 0 saturated carbocycles. The van der Waals surface area contributed by atoms with Gasteiger partial charge in [0.1, 0.15) is 12.4 Å². The van der Waals surface area contributed by atoms with E-state index in [2.05, 4.69) is 10.5 Å². The van der Waals surface area contributed by atoms with E-state index in [1.807, 2.05) is 41.2 Å². The van der Waals surface area contributed by atoms with Gasteiger partial charge in [-0.15, -0.1) is 0 Å². The van der Waals surface area contributed by atoms with Gasteiger partial charge in [0.2, 0.25) is 0 Å². The predicted octanol–water partition coefficient (Wildman–Crippen LogP) is 6.01. The van der Waals surface area contributed by atoms with Crippen molar-refractivity contribution in [1.82, 2.24) is 9.99 Å². The summed E-state index contributed by atoms with van der Waals surface area (Å²) in [5, 5.41) is 4.55. The number of ether oxygens (including phenoxy) is 2. The lowest BCUT2D eigenvalue weighted by molar-refractivity contribution is 0.0955. The summed E-state index contributed by atoms with van der Waals surface area (Å²) < 4.78 is 27.1. The van der Waals surface area contributed by atoms with Gasteiger partial charge in [0.05, 0.1) is 29.1 Å². The van der Waals surface area contributed by atoms with E-state index in [9.17, 15) is 9.18 Å². The number of hydrogen-bond acceptors (Lipinski definition) is 4. The highest BCUT2D eigenvalue weighted by atomic mass is 35.5. The van der Waals surface area contributed by atoms with Crippen molar-refractivity contribution in [2.45, 2.75) is 13.5 Å². The van der Waals surface area contributed by atoms with E-state index in [1.165, 1.54) is 19.2 Å². The summed E-state index contributed by atoms with van der Waals surface area (Å²) in [6.45, 7) is 1.72. The molecule has 1 aromatic heterocycles. The van der Waals surface area contributed by atoms with Crippen molar-refractivity contribution in [2.75, 3.05) is 7.11 Å². The lowest BCUT2D eigenvalue weighted by Gasteiger charge is -2.13. The van der Waals surface area contributed by atoms with Gasteiger partial charge in [0, 0.05) is 23.5 Å². The van der Waals surface area contributed by atoms with Crippen LogP contribution in [0, 0.1) is 5.82 Å². The zero-order chi connectivity index (χ0) is 24.8. The van der Waals surface area contributed by atoms with Crippen molar-refractivity contribution in [3.8, 4) is 17.2 Å². The number of para-hydroxylation sites is 1. The normalized spacial score (nSPS) is 11.3. The second kappa shape index (κ2) is 10.9. The van der Waals surface area contributed by atoms with E-state index in [0.717, 1.165) is 11.3 Å². The molecule has 3 aromatic carbocycles. The number of aromatic nitrogens is 1. The van der Waals surface area contributed by atoms with Crippen molar-refractivity contribution in [1.29, 1.82) is 0 Å². The van der Waals surface area contributed by atoms with Crippen LogP contribution in [0.25, 0.3) is 5.69 Å². The zero-order valence-electron chi connectivity index (χ0n) is 19.2. The zero-order valence-corrected chi connectivity index (χ0v) is 19.9. The van der Waals surface area contributed by atoms with Crippen LogP contribution in [-0.2, 0) is 6.61 Å². The standard InChI is InChI=1S/C27H23ClFN3O3/c1-18(30-31-27(33)20-8-3-4-11-24(20)32-14-5-6-15-32)19-12-13-25(26(16-19)34-2)35-17-21-22(28)9-7-10-23(21)29/h3-16H,17H2,1-2H3,(H,31,33)/b30-18+. The highest BCUT2D eigenvalue weighted by Crippen LogP contribution is 2.30. The summed E-state index contributed by atoms with van der Waals surface area (Å²) in [6.07, 6.45) is 3.74. The van der Waals surface area contributed by atoms with Crippen LogP contribution in [0.3, 0.4) is 0 Å². The third-order valence-electron chi connectivity index (χ3n) is 5.37. The first kappa shape index (κ1) is 24.0. The Morgan fingerprint density at radius 3 is 2.54 bits per heavy atom. The molecule has 0 fully saturated rings. The summed E-state index contributed by atoms with van der Waals surface area (Å²) in [5.74, 6) is 0.0920. The first-order valence-electron chi connectivity index (χ1n) is 10.8. The summed E-state index contributed by atoms with van der Waals surface area (Å²) in [6, 6.07) is 20.7. The molecular weight excluding hydrogens is 469 g/mol. The monoisotopic (exact) mass is 491 g/mol. The quantitative estimate of drug-likeness (QED) is 0.242. The molecule has 0 saturated heterocycles. The van der Waals surface area contributed by atoms with E-state index in [1.54, 1.807) is 43.3 Å². The van der Waals surface area contributed by atoms with Gasteiger partial charge in [-0.1, -0.05) is 29.8 Å². The third kappa shape index (κ3) is 5.53. The maximum absolute atomic E-state index is 14.0. The molecule has 1 heterocycles. The van der Waals surface area contributed by atoms with Crippen LogP contribution in [-0.4, -0.2) is 23.3 Å². The van der Waals surface area contributed by atoms with Gasteiger partial charge in [-0.3, -0.25) is 4.79 Å². The average Bonchev–Trinajstić information content (AvgIpc) is 3.42. The molecule has 0 spiro atoms. The van der Waals surface area contributed by atoms with Gasteiger partial charge in [-0.05, 0) is 61.5 Å². The number of carbonyl (C=O) groups is 1. The molecule has 1 N–H and O–H groups in total. The van der Waals surface area contributed by atoms with Crippen molar-refractivity contribution >= 4 is 23.2 Å². The minimum atomic E-state index is -0.440. The van der Waals surface area contributed by atoms with Gasteiger partial charge in [-0.25, -0.2) is 9.82 Å². The minimum absolute atomic E-state index is 0.0505. The number of hydrazone groups is 1. The van der Waals surface area contributed by atoms with Crippen LogP contribution in [0.2, 0.25) is 5.02 Å². The van der Waals surface area contributed by atoms with Crippen LogP contribution in [0.1, 0.15) is 28.4 Å². The number of methoxy groups -OCH3 is 1. The van der Waals surface area contributed by atoms with Gasteiger partial charge >= 0.3 is 0 Å². The van der Waals surface area contributed by atoms with Crippen molar-refractivity contribution < 1.29 is 18.7 Å². The molecule has 0 aliphatic heterocycles. The average molecular weight is 492 g/mol. The topological polar surface area (TPSA) is 64.8 Å². The van der Waals surface area contributed by atoms with E-state index in [-0.39, 0.29) is 23.1 Å². The summed E-state index contributed by atoms with van der Waals surface area (Å²) in [4.78, 5) is 12.8. The minimum Gasteiger partial charge on any atom is -0.493 e. The fourth-order valence-corrected chi connectivity index (χ4v) is 3.69. The number of nitrogens with one attached hydrogen (secondary N) is 1. The molecule has 1 amide bonds. The molecule has 0 aliphatic carbocycles. The number of amides is 1. The van der Waals surface area contributed by atoms with Crippen LogP contribution in [0.15, 0.2) is 90.3 Å². The molecule has 4 rings (SSSR count). The maximum Gasteiger partial charge on any atom is 0.273 e. The summed E-state index contributed by atoms with van der Waals surface area (Å²) >= 11 is 6.08. The molecule has 6 nitrogen and oxygen atoms in total. The number of rotatable bonds is 8. The van der Waals surface area contributed by atoms with Gasteiger partial charge < -0.3 is 14.0 Å². The van der Waals surface area contributed by atoms with Crippen molar-refractivity contribution in [2.24, 2.45) is 5.10 Å². The summed E-state index contributed by atoms with van der Waals surface area (Å²) in [7, 11) is 1.51. The molecule has 0 radical (unpaired) electrons. The third-order valence-corrected chi connectivity index (χ3v) is 5.73. The SMILES string of the molecule is COc1cc(/C(C)=N/NC(=O)c2ccccc2-n2cccc2)ccc1OCc1c(F)cccc1Cl. The van der Waals surface area contributed by atoms with Gasteiger partial charge in [0.25, 0.3) is 5.91 Å². The Morgan fingerprint density at radius 2 is 1.80 bits per heavy atom. The fraction of sp³-hybridized carbons (Fsp3) is 0.111. The largest absolute Gasteiger partial charge is 0.493 e. The number of carbonyl (C=O) groups excluding carboxylic acids is 1. The molecule has 0 atom stereocenters. The van der Waals surface area contributed by atoms with Crippen molar-refractivity contribution in [3.05, 3.63) is 113 Å². The Kier molecular flexibility index (Phi) is 7.48. The first-order valence-corrected chi connectivity index (χ1v) is 11.2. The smallest absolute Gasteiger partial charge is 0.273 e. The number of benzene rings is 3. The molecule has 0 bridgehead atoms. The Balaban J connectivity index is 1.48. The highest BCUT2D eigenvalue weighted by molar-refractivity contribution is 6.31. The number of halogens is 2. The van der Waals surface area contributed by atoms with Crippen LogP contribution in [0.5, 0.6) is 11.5 Å². The summed E-state index contributed by atoms with van der Waals surface area (Å²) in [5.41, 5.74) is 5.42. The molecular formula is C27H23ClFN3O3. The molecule has 0 aliphatic rings. The second-order valence-corrected chi connectivity index (χ2v) is 8.01. The molecule has 35 heavy (non-hydrogen) atoms. The Morgan fingerprint density at radius 1 is 1.03 bits per heavy atom. The van der Waals surface area contributed by atoms with Gasteiger partial charge in [-0.2, -0.15) is 5.10 Å².